The number of nitrogens with zero attached hydrogens (tertiary/aromatic N) is 1. The summed E-state index contributed by atoms with van der Waals surface area (Å²) >= 11 is 3.54. The molecule has 1 N–H and O–H groups in total. The average Bonchev–Trinajstić information content (AvgIpc) is 3.05. The number of hydrogen-bond acceptors (Lipinski definition) is 5. The quantitative estimate of drug-likeness (QED) is 0.640. The molecule has 6 heteroatoms. The van der Waals surface area contributed by atoms with Crippen LogP contribution in [0, 0.1) is 5.92 Å². The molecule has 3 atom stereocenters. The van der Waals surface area contributed by atoms with E-state index in [0.29, 0.717) is 12.0 Å². The second kappa shape index (κ2) is 6.15. The van der Waals surface area contributed by atoms with Gasteiger partial charge >= 0.3 is 5.97 Å². The molecule has 1 saturated heterocycles. The van der Waals surface area contributed by atoms with Gasteiger partial charge in [0.15, 0.2) is 0 Å². The highest BCUT2D eigenvalue weighted by molar-refractivity contribution is 9.10. The molecular weight excluding hydrogens is 360 g/mol. The molecule has 5 nitrogen and oxygen atoms in total. The molecule has 0 radical (unpaired) electrons. The fraction of sp³-hybridized carbons (Fsp3) is 0.647. The van der Waals surface area contributed by atoms with Gasteiger partial charge in [0.25, 0.3) is 0 Å². The van der Waals surface area contributed by atoms with Gasteiger partial charge in [-0.1, -0.05) is 6.07 Å². The van der Waals surface area contributed by atoms with Crippen molar-refractivity contribution in [1.82, 2.24) is 10.3 Å². The molecule has 2 bridgehead atoms. The number of hydrogen-bond donors (Lipinski definition) is 1. The normalized spacial score (nSPS) is 29.7. The van der Waals surface area contributed by atoms with Gasteiger partial charge in [-0.2, -0.15) is 0 Å². The summed E-state index contributed by atoms with van der Waals surface area (Å²) < 4.78 is 12.4. The maximum Gasteiger partial charge on any atom is 0.332 e. The van der Waals surface area contributed by atoms with Gasteiger partial charge < -0.3 is 14.8 Å². The summed E-state index contributed by atoms with van der Waals surface area (Å²) in [7, 11) is 0. The summed E-state index contributed by atoms with van der Waals surface area (Å²) in [6.45, 7) is 6.45. The smallest absolute Gasteiger partial charge is 0.332 e. The van der Waals surface area contributed by atoms with Crippen LogP contribution in [0.1, 0.15) is 39.2 Å². The third kappa shape index (κ3) is 3.44. The van der Waals surface area contributed by atoms with Gasteiger partial charge in [0.2, 0.25) is 0 Å². The number of aromatic nitrogens is 1. The molecule has 0 amide bonds. The van der Waals surface area contributed by atoms with Crippen molar-refractivity contribution in [2.24, 2.45) is 5.92 Å². The first-order valence-electron chi connectivity index (χ1n) is 8.00. The number of ether oxygens (including phenoxy) is 2. The van der Waals surface area contributed by atoms with Gasteiger partial charge in [0, 0.05) is 30.3 Å². The van der Waals surface area contributed by atoms with Crippen LogP contribution in [-0.2, 0) is 19.9 Å². The molecule has 2 aliphatic rings. The Morgan fingerprint density at radius 2 is 2.30 bits per heavy atom. The van der Waals surface area contributed by atoms with Crippen molar-refractivity contribution >= 4 is 21.9 Å². The Hall–Kier alpha value is -0.980. The fourth-order valence-electron chi connectivity index (χ4n) is 3.71. The van der Waals surface area contributed by atoms with E-state index in [1.807, 2.05) is 32.9 Å². The number of piperidine rings is 1. The Kier molecular flexibility index (Phi) is 4.51. The fourth-order valence-corrected chi connectivity index (χ4v) is 4.29. The minimum atomic E-state index is -0.501. The minimum Gasteiger partial charge on any atom is -0.458 e. The summed E-state index contributed by atoms with van der Waals surface area (Å²) in [5, 5.41) is 3.49. The lowest BCUT2D eigenvalue weighted by Crippen LogP contribution is -2.45. The number of pyridine rings is 1. The molecule has 1 aromatic rings. The number of halogens is 1. The van der Waals surface area contributed by atoms with Gasteiger partial charge in [-0.25, -0.2) is 9.78 Å². The van der Waals surface area contributed by atoms with Gasteiger partial charge in [-0.3, -0.25) is 0 Å². The summed E-state index contributed by atoms with van der Waals surface area (Å²) in [4.78, 5) is 16.4. The van der Waals surface area contributed by atoms with Crippen molar-refractivity contribution in [2.75, 3.05) is 13.2 Å². The molecule has 0 aromatic carbocycles. The largest absolute Gasteiger partial charge is 0.458 e. The third-order valence-corrected chi connectivity index (χ3v) is 5.15. The monoisotopic (exact) mass is 382 g/mol. The van der Waals surface area contributed by atoms with E-state index >= 15 is 0 Å². The van der Waals surface area contributed by atoms with E-state index in [0.717, 1.165) is 29.6 Å². The molecule has 126 valence electrons. The molecule has 1 aliphatic heterocycles. The topological polar surface area (TPSA) is 60.5 Å². The van der Waals surface area contributed by atoms with Crippen molar-refractivity contribution in [3.8, 4) is 0 Å². The molecule has 1 aromatic heterocycles. The maximum atomic E-state index is 12.1. The van der Waals surface area contributed by atoms with Crippen LogP contribution in [0.5, 0.6) is 0 Å². The van der Waals surface area contributed by atoms with Crippen LogP contribution in [0.4, 0.5) is 0 Å². The van der Waals surface area contributed by atoms with E-state index in [9.17, 15) is 4.79 Å². The molecule has 1 aliphatic carbocycles. The van der Waals surface area contributed by atoms with Crippen molar-refractivity contribution in [3.63, 3.8) is 0 Å². The number of rotatable bonds is 4. The van der Waals surface area contributed by atoms with Gasteiger partial charge in [0.1, 0.15) is 22.4 Å². The number of esters is 1. The zero-order valence-corrected chi connectivity index (χ0v) is 15.4. The van der Waals surface area contributed by atoms with Crippen LogP contribution in [0.25, 0.3) is 0 Å². The van der Waals surface area contributed by atoms with Gasteiger partial charge in [-0.15, -0.1) is 0 Å². The predicted octanol–water partition coefficient (Wildman–Crippen LogP) is 2.78. The molecule has 0 spiro atoms. The zero-order valence-electron chi connectivity index (χ0n) is 13.8. The predicted molar refractivity (Wildman–Crippen MR) is 89.9 cm³/mol. The Balaban J connectivity index is 1.81. The van der Waals surface area contributed by atoms with E-state index in [1.165, 1.54) is 0 Å². The van der Waals surface area contributed by atoms with E-state index in [-0.39, 0.29) is 12.6 Å². The number of nitrogens with one attached hydrogen (secondary N) is 1. The van der Waals surface area contributed by atoms with Crippen LogP contribution in [0.15, 0.2) is 22.9 Å². The van der Waals surface area contributed by atoms with Crippen LogP contribution < -0.4 is 5.32 Å². The summed E-state index contributed by atoms with van der Waals surface area (Å²) in [5.41, 5.74) is 0.0519. The van der Waals surface area contributed by atoms with Crippen LogP contribution >= 0.6 is 15.9 Å². The highest BCUT2D eigenvalue weighted by atomic mass is 79.9. The van der Waals surface area contributed by atoms with Crippen LogP contribution in [0.2, 0.25) is 0 Å². The first kappa shape index (κ1) is 16.9. The Morgan fingerprint density at radius 1 is 1.52 bits per heavy atom. The van der Waals surface area contributed by atoms with E-state index in [2.05, 4.69) is 26.2 Å². The van der Waals surface area contributed by atoms with Crippen molar-refractivity contribution < 1.29 is 14.3 Å². The summed E-state index contributed by atoms with van der Waals surface area (Å²) in [6.07, 6.45) is 3.67. The lowest BCUT2D eigenvalue weighted by molar-refractivity contribution is -0.171. The minimum absolute atomic E-state index is 0.0399. The molecule has 3 rings (SSSR count). The Labute approximate surface area is 145 Å². The number of carbonyl (C=O) groups excluding carboxylic acids is 1. The Morgan fingerprint density at radius 3 is 2.87 bits per heavy atom. The van der Waals surface area contributed by atoms with E-state index in [4.69, 9.17) is 9.47 Å². The second-order valence-corrected chi connectivity index (χ2v) is 8.10. The second-order valence-electron chi connectivity index (χ2n) is 7.35. The molecular formula is C17H23BrN2O3. The first-order chi connectivity index (χ1) is 10.8. The highest BCUT2D eigenvalue weighted by Gasteiger charge is 2.54. The maximum absolute atomic E-state index is 12.1. The van der Waals surface area contributed by atoms with Crippen molar-refractivity contribution in [1.29, 1.82) is 0 Å². The van der Waals surface area contributed by atoms with Crippen LogP contribution in [-0.4, -0.2) is 35.7 Å². The van der Waals surface area contributed by atoms with Crippen molar-refractivity contribution in [3.05, 3.63) is 28.5 Å². The number of fused-ring (bicyclic) bond motifs is 2. The molecule has 1 saturated carbocycles. The average molecular weight is 383 g/mol. The number of carbonyl (C=O) groups is 1. The first-order valence-corrected chi connectivity index (χ1v) is 8.80. The molecule has 2 heterocycles. The molecule has 2 fully saturated rings. The van der Waals surface area contributed by atoms with Crippen molar-refractivity contribution in [2.45, 2.75) is 50.9 Å². The Bertz CT molecular complexity index is 602. The third-order valence-electron chi connectivity index (χ3n) is 4.51. The van der Waals surface area contributed by atoms with E-state index in [1.54, 1.807) is 6.20 Å². The zero-order chi connectivity index (χ0) is 16.7. The summed E-state index contributed by atoms with van der Waals surface area (Å²) in [5.74, 6) is 0.0167. The molecule has 3 unspecified atom stereocenters. The van der Waals surface area contributed by atoms with E-state index < -0.39 is 11.2 Å². The summed E-state index contributed by atoms with van der Waals surface area (Å²) in [6, 6.07) is 4.39. The van der Waals surface area contributed by atoms with Gasteiger partial charge in [-0.05, 0) is 55.6 Å². The molecule has 23 heavy (non-hydrogen) atoms. The lowest BCUT2D eigenvalue weighted by Gasteiger charge is -2.38. The SMILES string of the molecule is CC(C)(C)OC(=O)COC1(c2cccnc2Br)CC2CC1CN2. The highest BCUT2D eigenvalue weighted by Crippen LogP contribution is 2.51. The van der Waals surface area contributed by atoms with Crippen LogP contribution in [0.3, 0.4) is 0 Å². The van der Waals surface area contributed by atoms with Gasteiger partial charge in [0.05, 0.1) is 0 Å². The lowest BCUT2D eigenvalue weighted by atomic mass is 9.83. The standard InChI is InChI=1S/C17H23BrN2O3/c1-16(2,3)23-14(21)10-22-17(8-12-7-11(17)9-20-12)13-5-4-6-19-15(13)18/h4-6,11-12,20H,7-10H2,1-3H3.